The lowest BCUT2D eigenvalue weighted by Gasteiger charge is -2.11. The molecule has 0 fully saturated rings. The topological polar surface area (TPSA) is 156 Å². The average molecular weight is 567 g/mol. The number of carboxylic acid groups (broad SMARTS) is 1. The number of rotatable bonds is 10. The van der Waals surface area contributed by atoms with Gasteiger partial charge in [-0.3, -0.25) is 14.2 Å². The van der Waals surface area contributed by atoms with Gasteiger partial charge >= 0.3 is 5.97 Å². The fraction of sp³-hybridized carbons (Fsp3) is 0.0370. The number of hydrogen-bond donors (Lipinski definition) is 3. The number of benzene rings is 4. The molecule has 0 bridgehead atoms. The predicted octanol–water partition coefficient (Wildman–Crippen LogP) is 4.98. The van der Waals surface area contributed by atoms with Crippen molar-refractivity contribution in [3.05, 3.63) is 108 Å². The largest absolute Gasteiger partial charge is 0.478 e. The van der Waals surface area contributed by atoms with Crippen LogP contribution in [-0.4, -0.2) is 33.7 Å². The molecule has 0 heterocycles. The molecule has 12 heteroatoms. The van der Waals surface area contributed by atoms with Crippen molar-refractivity contribution >= 4 is 43.2 Å². The Morgan fingerprint density at radius 3 is 1.28 bits per heavy atom. The molecule has 200 valence electrons. The molecule has 0 spiro atoms. The van der Waals surface area contributed by atoms with Crippen LogP contribution in [0, 0.1) is 0 Å². The molecule has 0 saturated carbocycles. The molecular formula is C27H22N2O8S2. The fourth-order valence-electron chi connectivity index (χ4n) is 3.39. The van der Waals surface area contributed by atoms with Crippen LogP contribution in [0.2, 0.25) is 0 Å². The minimum atomic E-state index is -3.93. The molecule has 0 unspecified atom stereocenters. The Balaban J connectivity index is 1.38. The van der Waals surface area contributed by atoms with Gasteiger partial charge in [0.2, 0.25) is 0 Å². The van der Waals surface area contributed by atoms with Gasteiger partial charge in [-0.1, -0.05) is 12.1 Å². The summed E-state index contributed by atoms with van der Waals surface area (Å²) in [6.45, 7) is 1.40. The third-order valence-corrected chi connectivity index (χ3v) is 8.23. The maximum Gasteiger partial charge on any atom is 0.335 e. The maximum atomic E-state index is 12.6. The Kier molecular flexibility index (Phi) is 7.70. The lowest BCUT2D eigenvalue weighted by molar-refractivity contribution is 0.0696. The van der Waals surface area contributed by atoms with Crippen LogP contribution in [0.5, 0.6) is 11.5 Å². The molecule has 4 aromatic rings. The van der Waals surface area contributed by atoms with E-state index in [-0.39, 0.29) is 26.8 Å². The first kappa shape index (κ1) is 27.4. The summed E-state index contributed by atoms with van der Waals surface area (Å²) in [7, 11) is -7.79. The fourth-order valence-corrected chi connectivity index (χ4v) is 5.51. The molecule has 0 atom stereocenters. The molecule has 0 aliphatic rings. The molecule has 39 heavy (non-hydrogen) atoms. The first-order valence-electron chi connectivity index (χ1n) is 11.3. The van der Waals surface area contributed by atoms with Crippen molar-refractivity contribution in [2.75, 3.05) is 9.44 Å². The monoisotopic (exact) mass is 566 g/mol. The van der Waals surface area contributed by atoms with Crippen molar-refractivity contribution in [1.82, 2.24) is 0 Å². The molecule has 0 amide bonds. The number of ether oxygens (including phenoxy) is 1. The number of ketones is 1. The minimum absolute atomic E-state index is 0.0146. The Labute approximate surface area is 225 Å². The zero-order valence-corrected chi connectivity index (χ0v) is 22.0. The number of hydrogen-bond acceptors (Lipinski definition) is 7. The van der Waals surface area contributed by atoms with Gasteiger partial charge in [-0.25, -0.2) is 21.6 Å². The highest BCUT2D eigenvalue weighted by atomic mass is 32.2. The van der Waals surface area contributed by atoms with Crippen molar-refractivity contribution in [3.8, 4) is 11.5 Å². The number of aromatic carboxylic acids is 1. The van der Waals surface area contributed by atoms with E-state index in [1.165, 1.54) is 79.7 Å². The van der Waals surface area contributed by atoms with Crippen LogP contribution in [0.4, 0.5) is 11.4 Å². The Hall–Kier alpha value is -4.68. The predicted molar refractivity (Wildman–Crippen MR) is 144 cm³/mol. The molecule has 10 nitrogen and oxygen atoms in total. The smallest absolute Gasteiger partial charge is 0.335 e. The minimum Gasteiger partial charge on any atom is -0.478 e. The quantitative estimate of drug-likeness (QED) is 0.227. The number of carbonyl (C=O) groups excluding carboxylic acids is 1. The second-order valence-corrected chi connectivity index (χ2v) is 11.6. The third-order valence-electron chi connectivity index (χ3n) is 5.43. The van der Waals surface area contributed by atoms with E-state index < -0.39 is 26.0 Å². The van der Waals surface area contributed by atoms with Gasteiger partial charge in [0.05, 0.1) is 15.4 Å². The molecule has 0 saturated heterocycles. The van der Waals surface area contributed by atoms with Crippen LogP contribution < -0.4 is 14.2 Å². The van der Waals surface area contributed by atoms with Crippen molar-refractivity contribution < 1.29 is 36.3 Å². The number of sulfonamides is 2. The zero-order chi connectivity index (χ0) is 28.2. The highest BCUT2D eigenvalue weighted by Gasteiger charge is 2.16. The third kappa shape index (κ3) is 6.80. The molecule has 4 aromatic carbocycles. The summed E-state index contributed by atoms with van der Waals surface area (Å²) in [5, 5.41) is 8.96. The van der Waals surface area contributed by atoms with E-state index >= 15 is 0 Å². The van der Waals surface area contributed by atoms with Crippen molar-refractivity contribution in [1.29, 1.82) is 0 Å². The van der Waals surface area contributed by atoms with Gasteiger partial charge in [-0.05, 0) is 91.9 Å². The summed E-state index contributed by atoms with van der Waals surface area (Å²) in [6, 6.07) is 22.7. The van der Waals surface area contributed by atoms with Crippen molar-refractivity contribution in [3.63, 3.8) is 0 Å². The highest BCUT2D eigenvalue weighted by Crippen LogP contribution is 2.26. The molecule has 0 aromatic heterocycles. The number of anilines is 2. The van der Waals surface area contributed by atoms with E-state index in [2.05, 4.69) is 9.44 Å². The van der Waals surface area contributed by atoms with E-state index in [1.54, 1.807) is 24.3 Å². The number of Topliss-reactive ketones (excluding diaryl/α,β-unsaturated/α-hetero) is 1. The van der Waals surface area contributed by atoms with Gasteiger partial charge < -0.3 is 9.84 Å². The molecule has 0 aliphatic carbocycles. The van der Waals surface area contributed by atoms with Gasteiger partial charge in [0.25, 0.3) is 20.0 Å². The van der Waals surface area contributed by atoms with E-state index in [9.17, 15) is 26.4 Å². The zero-order valence-electron chi connectivity index (χ0n) is 20.4. The van der Waals surface area contributed by atoms with Crippen LogP contribution in [0.25, 0.3) is 0 Å². The average Bonchev–Trinajstić information content (AvgIpc) is 2.90. The van der Waals surface area contributed by atoms with Crippen molar-refractivity contribution in [2.45, 2.75) is 16.7 Å². The summed E-state index contributed by atoms with van der Waals surface area (Å²) in [6.07, 6.45) is 0. The van der Waals surface area contributed by atoms with E-state index in [0.717, 1.165) is 0 Å². The van der Waals surface area contributed by atoms with Gasteiger partial charge in [0, 0.05) is 16.9 Å². The molecular weight excluding hydrogens is 544 g/mol. The van der Waals surface area contributed by atoms with Gasteiger partial charge in [-0.15, -0.1) is 0 Å². The molecule has 3 N–H and O–H groups in total. The lowest BCUT2D eigenvalue weighted by Crippen LogP contribution is -2.13. The highest BCUT2D eigenvalue weighted by molar-refractivity contribution is 7.93. The number of carbonyl (C=O) groups is 2. The van der Waals surface area contributed by atoms with Crippen LogP contribution in [-0.2, 0) is 20.0 Å². The second kappa shape index (κ2) is 11.0. The Bertz CT molecular complexity index is 1580. The van der Waals surface area contributed by atoms with E-state index in [0.29, 0.717) is 22.7 Å². The molecule has 0 aliphatic heterocycles. The van der Waals surface area contributed by atoms with Crippen LogP contribution in [0.3, 0.4) is 0 Å². The standard InChI is InChI=1S/C27H22N2O8S2/c1-18(30)19-2-14-25(15-3-19)38(33,34)28-21-6-10-23(11-7-21)37-24-12-8-22(9-13-24)29-39(35,36)26-16-4-20(5-17-26)27(31)32/h2-17,28-29H,1H3,(H,31,32). The van der Waals surface area contributed by atoms with Gasteiger partial charge in [0.15, 0.2) is 5.78 Å². The summed E-state index contributed by atoms with van der Waals surface area (Å²) in [5.74, 6) is -0.503. The second-order valence-electron chi connectivity index (χ2n) is 8.27. The lowest BCUT2D eigenvalue weighted by atomic mass is 10.2. The summed E-state index contributed by atoms with van der Waals surface area (Å²) in [4.78, 5) is 22.3. The van der Waals surface area contributed by atoms with Crippen LogP contribution in [0.1, 0.15) is 27.6 Å². The maximum absolute atomic E-state index is 12.6. The SMILES string of the molecule is CC(=O)c1ccc(S(=O)(=O)Nc2ccc(Oc3ccc(NS(=O)(=O)c4ccc(C(=O)O)cc4)cc3)cc2)cc1. The molecule has 4 rings (SSSR count). The Morgan fingerprint density at radius 1 is 0.590 bits per heavy atom. The number of carboxylic acids is 1. The normalized spacial score (nSPS) is 11.4. The van der Waals surface area contributed by atoms with E-state index in [4.69, 9.17) is 9.84 Å². The van der Waals surface area contributed by atoms with Gasteiger partial charge in [-0.2, -0.15) is 0 Å². The first-order chi connectivity index (χ1) is 18.4. The van der Waals surface area contributed by atoms with Crippen LogP contribution in [0.15, 0.2) is 107 Å². The van der Waals surface area contributed by atoms with Gasteiger partial charge in [0.1, 0.15) is 11.5 Å². The Morgan fingerprint density at radius 2 is 0.949 bits per heavy atom. The van der Waals surface area contributed by atoms with E-state index in [1.807, 2.05) is 0 Å². The summed E-state index contributed by atoms with van der Waals surface area (Å²) in [5.41, 5.74) is 0.958. The summed E-state index contributed by atoms with van der Waals surface area (Å²) < 4.78 is 61.0. The summed E-state index contributed by atoms with van der Waals surface area (Å²) >= 11 is 0. The first-order valence-corrected chi connectivity index (χ1v) is 14.3. The molecule has 0 radical (unpaired) electrons. The number of nitrogens with one attached hydrogen (secondary N) is 2. The van der Waals surface area contributed by atoms with Crippen LogP contribution >= 0.6 is 0 Å². The van der Waals surface area contributed by atoms with Crippen molar-refractivity contribution in [2.24, 2.45) is 0 Å².